The van der Waals surface area contributed by atoms with Gasteiger partial charge in [-0.05, 0) is 51.7 Å². The molecule has 0 unspecified atom stereocenters. The summed E-state index contributed by atoms with van der Waals surface area (Å²) in [4.78, 5) is 11.1. The number of allylic oxidation sites excluding steroid dienone is 1. The van der Waals surface area contributed by atoms with Crippen LogP contribution in [-0.2, 0) is 4.79 Å². The van der Waals surface area contributed by atoms with Crippen molar-refractivity contribution in [1.29, 1.82) is 0 Å². The van der Waals surface area contributed by atoms with Crippen molar-refractivity contribution in [3.05, 3.63) is 33.8 Å². The highest BCUT2D eigenvalue weighted by Crippen LogP contribution is 2.29. The summed E-state index contributed by atoms with van der Waals surface area (Å²) < 4.78 is 6.04. The fourth-order valence-corrected chi connectivity index (χ4v) is 2.06. The maximum Gasteiger partial charge on any atom is 0.159 e. The summed E-state index contributed by atoms with van der Waals surface area (Å²) in [5, 5.41) is 0. The minimum Gasteiger partial charge on any atom is -0.496 e. The minimum atomic E-state index is 0.266. The van der Waals surface area contributed by atoms with Gasteiger partial charge in [0.05, 0.1) is 11.6 Å². The number of carbonyl (C=O) groups is 1. The van der Waals surface area contributed by atoms with Crippen LogP contribution in [0.2, 0.25) is 0 Å². The molecule has 1 fully saturated rings. The molecule has 2 rings (SSSR count). The van der Waals surface area contributed by atoms with E-state index in [-0.39, 0.29) is 5.78 Å². The Morgan fingerprint density at radius 1 is 1.40 bits per heavy atom. The summed E-state index contributed by atoms with van der Waals surface area (Å²) in [5.41, 5.74) is 1.96. The predicted octanol–water partition coefficient (Wildman–Crippen LogP) is 3.20. The quantitative estimate of drug-likeness (QED) is 0.769. The molecule has 0 N–H and O–H groups in total. The summed E-state index contributed by atoms with van der Waals surface area (Å²) in [6, 6.07) is 5.79. The lowest BCUT2D eigenvalue weighted by atomic mass is 9.89. The normalized spacial score (nSPS) is 17.7. The first kappa shape index (κ1) is 10.4. The molecule has 0 aromatic heterocycles. The monoisotopic (exact) mass is 266 g/mol. The molecule has 0 bridgehead atoms. The molecule has 0 aliphatic heterocycles. The molecule has 1 aliphatic rings. The van der Waals surface area contributed by atoms with Crippen molar-refractivity contribution in [2.24, 2.45) is 0 Å². The van der Waals surface area contributed by atoms with Gasteiger partial charge in [-0.2, -0.15) is 0 Å². The van der Waals surface area contributed by atoms with Gasteiger partial charge in [-0.1, -0.05) is 6.07 Å². The van der Waals surface area contributed by atoms with Gasteiger partial charge in [-0.25, -0.2) is 0 Å². The van der Waals surface area contributed by atoms with E-state index in [1.165, 1.54) is 0 Å². The number of hydrogen-bond donors (Lipinski definition) is 0. The van der Waals surface area contributed by atoms with Crippen LogP contribution in [0.4, 0.5) is 0 Å². The smallest absolute Gasteiger partial charge is 0.159 e. The van der Waals surface area contributed by atoms with Gasteiger partial charge in [0.1, 0.15) is 5.75 Å². The highest BCUT2D eigenvalue weighted by Gasteiger charge is 2.19. The van der Waals surface area contributed by atoms with E-state index in [2.05, 4.69) is 15.9 Å². The molecular weight excluding hydrogens is 256 g/mol. The third-order valence-electron chi connectivity index (χ3n) is 2.50. The highest BCUT2D eigenvalue weighted by molar-refractivity contribution is 9.10. The van der Waals surface area contributed by atoms with Gasteiger partial charge in [0.15, 0.2) is 5.78 Å². The van der Waals surface area contributed by atoms with Crippen LogP contribution in [0.15, 0.2) is 28.2 Å². The molecule has 0 spiro atoms. The Bertz CT molecular complexity index is 435. The first-order valence-electron chi connectivity index (χ1n) is 4.78. The number of Topliss-reactive ketones (excluding diaryl/α,β-unsaturated/α-hetero) is 1. The van der Waals surface area contributed by atoms with Crippen molar-refractivity contribution in [1.82, 2.24) is 0 Å². The number of halogens is 1. The van der Waals surface area contributed by atoms with Crippen molar-refractivity contribution in [2.75, 3.05) is 7.11 Å². The molecular formula is C12H11BrO2. The van der Waals surface area contributed by atoms with Gasteiger partial charge in [0.25, 0.3) is 0 Å². The Hall–Kier alpha value is -1.09. The van der Waals surface area contributed by atoms with Gasteiger partial charge in [-0.3, -0.25) is 4.79 Å². The number of benzene rings is 1. The van der Waals surface area contributed by atoms with E-state index in [0.717, 1.165) is 27.8 Å². The Balaban J connectivity index is 2.27. The molecule has 0 heterocycles. The summed E-state index contributed by atoms with van der Waals surface area (Å²) in [6.45, 7) is 0. The van der Waals surface area contributed by atoms with Gasteiger partial charge in [-0.15, -0.1) is 0 Å². The van der Waals surface area contributed by atoms with Crippen molar-refractivity contribution in [3.63, 3.8) is 0 Å². The van der Waals surface area contributed by atoms with E-state index < -0.39 is 0 Å². The van der Waals surface area contributed by atoms with Gasteiger partial charge in [0, 0.05) is 6.42 Å². The number of carbonyl (C=O) groups excluding carboxylic acids is 1. The van der Waals surface area contributed by atoms with Crippen LogP contribution in [0.25, 0.3) is 6.08 Å². The molecule has 1 aromatic rings. The third-order valence-corrected chi connectivity index (χ3v) is 3.12. The topological polar surface area (TPSA) is 26.3 Å². The summed E-state index contributed by atoms with van der Waals surface area (Å²) >= 11 is 3.41. The van der Waals surface area contributed by atoms with E-state index in [1.807, 2.05) is 24.3 Å². The minimum absolute atomic E-state index is 0.266. The average Bonchev–Trinajstić information content (AvgIpc) is 2.24. The van der Waals surface area contributed by atoms with Gasteiger partial charge in [0.2, 0.25) is 0 Å². The van der Waals surface area contributed by atoms with Gasteiger partial charge < -0.3 is 4.74 Å². The zero-order valence-electron chi connectivity index (χ0n) is 8.42. The fourth-order valence-electron chi connectivity index (χ4n) is 1.50. The Kier molecular flexibility index (Phi) is 2.91. The van der Waals surface area contributed by atoms with E-state index in [0.29, 0.717) is 6.42 Å². The Morgan fingerprint density at radius 2 is 2.20 bits per heavy atom. The lowest BCUT2D eigenvalue weighted by Crippen LogP contribution is -2.13. The van der Waals surface area contributed by atoms with Crippen molar-refractivity contribution < 1.29 is 9.53 Å². The molecule has 0 atom stereocenters. The van der Waals surface area contributed by atoms with E-state index in [4.69, 9.17) is 4.74 Å². The number of hydrogen-bond acceptors (Lipinski definition) is 2. The summed E-state index contributed by atoms with van der Waals surface area (Å²) in [6.07, 6.45) is 3.54. The number of ether oxygens (including phenoxy) is 1. The third kappa shape index (κ3) is 2.12. The lowest BCUT2D eigenvalue weighted by molar-refractivity contribution is -0.118. The van der Waals surface area contributed by atoms with E-state index in [1.54, 1.807) is 7.11 Å². The second-order valence-electron chi connectivity index (χ2n) is 3.49. The molecule has 15 heavy (non-hydrogen) atoms. The van der Waals surface area contributed by atoms with Gasteiger partial charge >= 0.3 is 0 Å². The zero-order valence-corrected chi connectivity index (χ0v) is 10.0. The molecule has 0 amide bonds. The standard InChI is InChI=1S/C12H11BrO2/c1-15-12-5-2-8(7-10(12)13)6-9-3-4-11(9)14/h2,5-7H,3-4H2,1H3/b9-6+. The molecule has 0 radical (unpaired) electrons. The highest BCUT2D eigenvalue weighted by atomic mass is 79.9. The maximum absolute atomic E-state index is 11.1. The fraction of sp³-hybridized carbons (Fsp3) is 0.250. The average molecular weight is 267 g/mol. The SMILES string of the molecule is COc1ccc(/C=C2\CCC2=O)cc1Br. The number of methoxy groups -OCH3 is 1. The van der Waals surface area contributed by atoms with Crippen molar-refractivity contribution in [2.45, 2.75) is 12.8 Å². The van der Waals surface area contributed by atoms with Crippen LogP contribution in [-0.4, -0.2) is 12.9 Å². The second kappa shape index (κ2) is 4.19. The predicted molar refractivity (Wildman–Crippen MR) is 62.9 cm³/mol. The number of rotatable bonds is 2. The molecule has 3 heteroatoms. The summed E-state index contributed by atoms with van der Waals surface area (Å²) in [7, 11) is 1.63. The van der Waals surface area contributed by atoms with Crippen molar-refractivity contribution >= 4 is 27.8 Å². The van der Waals surface area contributed by atoms with Crippen molar-refractivity contribution in [3.8, 4) is 5.75 Å². The Morgan fingerprint density at radius 3 is 2.67 bits per heavy atom. The van der Waals surface area contributed by atoms with Crippen LogP contribution in [0.5, 0.6) is 5.75 Å². The molecule has 78 valence electrons. The van der Waals surface area contributed by atoms with Crippen LogP contribution in [0.3, 0.4) is 0 Å². The molecule has 2 nitrogen and oxygen atoms in total. The first-order valence-corrected chi connectivity index (χ1v) is 5.57. The Labute approximate surface area is 97.1 Å². The first-order chi connectivity index (χ1) is 7.20. The van der Waals surface area contributed by atoms with Crippen LogP contribution < -0.4 is 4.74 Å². The summed E-state index contributed by atoms with van der Waals surface area (Å²) in [5.74, 6) is 1.07. The van der Waals surface area contributed by atoms with E-state index in [9.17, 15) is 4.79 Å². The maximum atomic E-state index is 11.1. The van der Waals surface area contributed by atoms with Crippen LogP contribution in [0.1, 0.15) is 18.4 Å². The molecule has 1 aliphatic carbocycles. The number of ketones is 1. The molecule has 0 saturated heterocycles. The molecule has 1 saturated carbocycles. The lowest BCUT2D eigenvalue weighted by Gasteiger charge is -2.14. The largest absolute Gasteiger partial charge is 0.496 e. The van der Waals surface area contributed by atoms with Crippen LogP contribution in [0, 0.1) is 0 Å². The van der Waals surface area contributed by atoms with Crippen LogP contribution >= 0.6 is 15.9 Å². The second-order valence-corrected chi connectivity index (χ2v) is 4.34. The molecule has 1 aromatic carbocycles. The van der Waals surface area contributed by atoms with E-state index >= 15 is 0 Å². The zero-order chi connectivity index (χ0) is 10.8.